The van der Waals surface area contributed by atoms with E-state index in [-0.39, 0.29) is 0 Å². The van der Waals surface area contributed by atoms with Crippen LogP contribution in [0.2, 0.25) is 5.82 Å². The summed E-state index contributed by atoms with van der Waals surface area (Å²) in [6.45, 7) is 10.8. The van der Waals surface area contributed by atoms with Crippen molar-refractivity contribution in [1.82, 2.24) is 0 Å². The molecule has 0 N–H and O–H groups in total. The molecule has 78 valence electrons. The Hall–Kier alpha value is -0.195. The van der Waals surface area contributed by atoms with E-state index in [1.807, 2.05) is 0 Å². The molecule has 1 heteroatoms. The highest BCUT2D eigenvalue weighted by Crippen LogP contribution is 2.48. The van der Waals surface area contributed by atoms with Gasteiger partial charge in [-0.25, -0.2) is 0 Å². The number of allylic oxidation sites excluding steroid dienone is 1. The first kappa shape index (κ1) is 11.9. The maximum absolute atomic E-state index is 6.15. The van der Waals surface area contributed by atoms with Crippen molar-refractivity contribution in [1.29, 1.82) is 0 Å². The van der Waals surface area contributed by atoms with Gasteiger partial charge in [-0.05, 0) is 30.1 Å². The van der Waals surface area contributed by atoms with Gasteiger partial charge >= 0.3 is 0 Å². The van der Waals surface area contributed by atoms with E-state index in [1.165, 1.54) is 19.3 Å². The summed E-state index contributed by atoms with van der Waals surface area (Å²) in [5.41, 5.74) is 0. The van der Waals surface area contributed by atoms with Crippen LogP contribution in [0.1, 0.15) is 40.0 Å². The van der Waals surface area contributed by atoms with Crippen LogP contribution in [0.15, 0.2) is 12.7 Å². The standard InChI is InChI=1S/C13H23B/c1-5-11-10(7-9(3)4)8-13(14)12(11)6-2/h6,9-13H,2,5,7-8H2,1,3-4H3. The fourth-order valence-corrected chi connectivity index (χ4v) is 3.14. The summed E-state index contributed by atoms with van der Waals surface area (Å²) >= 11 is 0. The van der Waals surface area contributed by atoms with Gasteiger partial charge in [0, 0.05) is 0 Å². The zero-order valence-corrected chi connectivity index (χ0v) is 9.87. The number of hydrogen-bond donors (Lipinski definition) is 0. The van der Waals surface area contributed by atoms with Crippen LogP contribution in [-0.2, 0) is 0 Å². The van der Waals surface area contributed by atoms with Crippen LogP contribution in [0.3, 0.4) is 0 Å². The lowest BCUT2D eigenvalue weighted by atomic mass is 9.76. The van der Waals surface area contributed by atoms with Crippen LogP contribution < -0.4 is 0 Å². The third-order valence-corrected chi connectivity index (χ3v) is 3.69. The molecule has 0 aromatic heterocycles. The summed E-state index contributed by atoms with van der Waals surface area (Å²) in [6.07, 6.45) is 5.87. The van der Waals surface area contributed by atoms with Crippen molar-refractivity contribution < 1.29 is 0 Å². The van der Waals surface area contributed by atoms with Gasteiger partial charge in [0.1, 0.15) is 0 Å². The Labute approximate surface area is 90.6 Å². The molecule has 1 fully saturated rings. The van der Waals surface area contributed by atoms with Crippen molar-refractivity contribution in [2.75, 3.05) is 0 Å². The van der Waals surface area contributed by atoms with Gasteiger partial charge in [0.05, 0.1) is 7.85 Å². The van der Waals surface area contributed by atoms with Gasteiger partial charge in [0.15, 0.2) is 0 Å². The Bertz CT molecular complexity index is 186. The first-order valence-electron chi connectivity index (χ1n) is 5.98. The minimum atomic E-state index is 0.362. The van der Waals surface area contributed by atoms with Crippen LogP contribution in [0.4, 0.5) is 0 Å². The molecule has 0 spiro atoms. The Balaban J connectivity index is 2.64. The highest BCUT2D eigenvalue weighted by atomic mass is 14.4. The second kappa shape index (κ2) is 5.05. The second-order valence-electron chi connectivity index (χ2n) is 5.17. The summed E-state index contributed by atoms with van der Waals surface area (Å²) in [6, 6.07) is 0. The Kier molecular flexibility index (Phi) is 4.28. The predicted octanol–water partition coefficient (Wildman–Crippen LogP) is 3.84. The summed E-state index contributed by atoms with van der Waals surface area (Å²) in [7, 11) is 6.15. The summed E-state index contributed by atoms with van der Waals surface area (Å²) < 4.78 is 0. The van der Waals surface area contributed by atoms with Crippen molar-refractivity contribution in [2.45, 2.75) is 45.9 Å². The molecule has 0 bridgehead atoms. The van der Waals surface area contributed by atoms with E-state index in [4.69, 9.17) is 7.85 Å². The molecule has 0 nitrogen and oxygen atoms in total. The van der Waals surface area contributed by atoms with Crippen molar-refractivity contribution in [3.63, 3.8) is 0 Å². The Morgan fingerprint density at radius 2 is 2.14 bits per heavy atom. The van der Waals surface area contributed by atoms with Crippen LogP contribution in [0, 0.1) is 23.7 Å². The molecule has 1 aliphatic rings. The first-order valence-corrected chi connectivity index (χ1v) is 5.98. The molecule has 4 atom stereocenters. The largest absolute Gasteiger partial charge is 0.103 e. The summed E-state index contributed by atoms with van der Waals surface area (Å²) in [5, 5.41) is 0. The van der Waals surface area contributed by atoms with E-state index in [2.05, 4.69) is 33.4 Å². The molecule has 1 rings (SSSR count). The highest BCUT2D eigenvalue weighted by molar-refractivity contribution is 6.12. The van der Waals surface area contributed by atoms with E-state index >= 15 is 0 Å². The Morgan fingerprint density at radius 3 is 2.57 bits per heavy atom. The zero-order chi connectivity index (χ0) is 10.7. The predicted molar refractivity (Wildman–Crippen MR) is 64.5 cm³/mol. The van der Waals surface area contributed by atoms with Gasteiger partial charge in [-0.1, -0.05) is 45.5 Å². The molecule has 4 unspecified atom stereocenters. The second-order valence-corrected chi connectivity index (χ2v) is 5.17. The number of hydrogen-bond acceptors (Lipinski definition) is 0. The van der Waals surface area contributed by atoms with Gasteiger partial charge in [-0.2, -0.15) is 0 Å². The summed E-state index contributed by atoms with van der Waals surface area (Å²) in [4.78, 5) is 0. The van der Waals surface area contributed by atoms with E-state index in [9.17, 15) is 0 Å². The van der Waals surface area contributed by atoms with Gasteiger partial charge in [0.2, 0.25) is 0 Å². The van der Waals surface area contributed by atoms with Crippen LogP contribution in [0.5, 0.6) is 0 Å². The van der Waals surface area contributed by atoms with Crippen molar-refractivity contribution >= 4 is 7.85 Å². The lowest BCUT2D eigenvalue weighted by molar-refractivity contribution is 0.290. The minimum Gasteiger partial charge on any atom is -0.103 e. The van der Waals surface area contributed by atoms with Gasteiger partial charge in [0.25, 0.3) is 0 Å². The van der Waals surface area contributed by atoms with Crippen molar-refractivity contribution in [3.05, 3.63) is 12.7 Å². The van der Waals surface area contributed by atoms with Crippen molar-refractivity contribution in [3.8, 4) is 0 Å². The molecular weight excluding hydrogens is 167 g/mol. The van der Waals surface area contributed by atoms with Crippen LogP contribution in [-0.4, -0.2) is 7.85 Å². The molecule has 1 aliphatic carbocycles. The van der Waals surface area contributed by atoms with Crippen molar-refractivity contribution in [2.24, 2.45) is 23.7 Å². The topological polar surface area (TPSA) is 0 Å². The molecule has 0 aromatic carbocycles. The highest BCUT2D eigenvalue weighted by Gasteiger charge is 2.37. The summed E-state index contributed by atoms with van der Waals surface area (Å²) in [5.74, 6) is 3.33. The van der Waals surface area contributed by atoms with Gasteiger partial charge in [-0.3, -0.25) is 0 Å². The normalized spacial score (nSPS) is 37.7. The lowest BCUT2D eigenvalue weighted by Gasteiger charge is -2.23. The smallest absolute Gasteiger partial charge is 0.0707 e. The Morgan fingerprint density at radius 1 is 1.50 bits per heavy atom. The SMILES string of the molecule is [B]C1CC(CC(C)C)C(CC)C1C=C. The number of rotatable bonds is 4. The molecular formula is C13H23B. The minimum absolute atomic E-state index is 0.362. The zero-order valence-electron chi connectivity index (χ0n) is 9.87. The fraction of sp³-hybridized carbons (Fsp3) is 0.846. The third kappa shape index (κ3) is 2.43. The van der Waals surface area contributed by atoms with Crippen LogP contribution >= 0.6 is 0 Å². The van der Waals surface area contributed by atoms with Crippen LogP contribution in [0.25, 0.3) is 0 Å². The third-order valence-electron chi connectivity index (χ3n) is 3.69. The van der Waals surface area contributed by atoms with E-state index in [0.29, 0.717) is 11.7 Å². The molecule has 2 radical (unpaired) electrons. The molecule has 1 saturated carbocycles. The van der Waals surface area contributed by atoms with Gasteiger partial charge in [-0.15, -0.1) is 6.58 Å². The molecule has 0 amide bonds. The monoisotopic (exact) mass is 190 g/mol. The molecule has 0 saturated heterocycles. The molecule has 0 heterocycles. The molecule has 0 aromatic rings. The fourth-order valence-electron chi connectivity index (χ4n) is 3.14. The average molecular weight is 190 g/mol. The molecule has 0 aliphatic heterocycles. The lowest BCUT2D eigenvalue weighted by Crippen LogP contribution is -2.15. The molecule has 14 heavy (non-hydrogen) atoms. The van der Waals surface area contributed by atoms with E-state index in [1.54, 1.807) is 0 Å². The first-order chi connectivity index (χ1) is 6.60. The van der Waals surface area contributed by atoms with Gasteiger partial charge < -0.3 is 0 Å². The average Bonchev–Trinajstić information content (AvgIpc) is 2.39. The van der Waals surface area contributed by atoms with E-state index in [0.717, 1.165) is 17.8 Å². The maximum atomic E-state index is 6.15. The quantitative estimate of drug-likeness (QED) is 0.466. The van der Waals surface area contributed by atoms with E-state index < -0.39 is 0 Å². The maximum Gasteiger partial charge on any atom is 0.0707 e.